The fourth-order valence-electron chi connectivity index (χ4n) is 2.16. The molecule has 0 atom stereocenters. The minimum absolute atomic E-state index is 0.735. The van der Waals surface area contributed by atoms with Gasteiger partial charge in [0.25, 0.3) is 0 Å². The highest BCUT2D eigenvalue weighted by molar-refractivity contribution is 5.72. The molecule has 102 valence electrons. The third-order valence-corrected chi connectivity index (χ3v) is 3.28. The van der Waals surface area contributed by atoms with Gasteiger partial charge in [-0.2, -0.15) is 0 Å². The van der Waals surface area contributed by atoms with Crippen molar-refractivity contribution >= 4 is 5.82 Å². The third-order valence-electron chi connectivity index (χ3n) is 3.28. The highest BCUT2D eigenvalue weighted by Gasteiger charge is 2.13. The largest absolute Gasteiger partial charge is 0.497 e. The molecule has 0 saturated carbocycles. The van der Waals surface area contributed by atoms with Crippen LogP contribution in [0.4, 0.5) is 5.82 Å². The number of ether oxygens (including phenoxy) is 1. The molecular weight excluding hydrogens is 238 g/mol. The smallest absolute Gasteiger partial charge is 0.131 e. The zero-order valence-corrected chi connectivity index (χ0v) is 11.8. The first-order valence-corrected chi connectivity index (χ1v) is 6.64. The number of aryl methyl sites for hydroxylation is 1. The third kappa shape index (κ3) is 2.72. The number of methoxy groups -OCH3 is 1. The highest BCUT2D eigenvalue weighted by atomic mass is 16.5. The molecule has 0 bridgehead atoms. The van der Waals surface area contributed by atoms with E-state index in [9.17, 15) is 0 Å². The molecule has 0 aliphatic rings. The maximum Gasteiger partial charge on any atom is 0.131 e. The summed E-state index contributed by atoms with van der Waals surface area (Å²) >= 11 is 0. The van der Waals surface area contributed by atoms with Crippen LogP contribution in [0.2, 0.25) is 0 Å². The van der Waals surface area contributed by atoms with Crippen LogP contribution in [0.3, 0.4) is 0 Å². The fraction of sp³-hybridized carbons (Fsp3) is 0.400. The van der Waals surface area contributed by atoms with Gasteiger partial charge in [0.05, 0.1) is 7.11 Å². The quantitative estimate of drug-likeness (QED) is 0.896. The number of imidazole rings is 1. The van der Waals surface area contributed by atoms with Crippen LogP contribution < -0.4 is 10.5 Å². The average Bonchev–Trinajstić information content (AvgIpc) is 2.72. The van der Waals surface area contributed by atoms with Gasteiger partial charge in [0, 0.05) is 12.1 Å². The van der Waals surface area contributed by atoms with E-state index in [1.54, 1.807) is 7.11 Å². The standard InChI is InChI=1S/C15H21N3O/c1-4-5-9-18-11(2)17-14(15(18)16)12-7-6-8-13(10-12)19-3/h6-8,10H,4-5,9,16H2,1-3H3. The van der Waals surface area contributed by atoms with E-state index in [1.165, 1.54) is 0 Å². The van der Waals surface area contributed by atoms with E-state index in [0.29, 0.717) is 0 Å². The molecule has 0 amide bonds. The van der Waals surface area contributed by atoms with Crippen molar-refractivity contribution in [2.45, 2.75) is 33.2 Å². The summed E-state index contributed by atoms with van der Waals surface area (Å²) in [4.78, 5) is 4.59. The molecule has 0 radical (unpaired) electrons. The Balaban J connectivity index is 2.39. The second-order valence-electron chi connectivity index (χ2n) is 4.63. The van der Waals surface area contributed by atoms with Crippen LogP contribution in [-0.2, 0) is 6.54 Å². The van der Waals surface area contributed by atoms with E-state index in [1.807, 2.05) is 31.2 Å². The number of rotatable bonds is 5. The Morgan fingerprint density at radius 2 is 2.16 bits per heavy atom. The number of anilines is 1. The van der Waals surface area contributed by atoms with E-state index in [0.717, 1.165) is 48.0 Å². The van der Waals surface area contributed by atoms with Crippen molar-refractivity contribution in [2.75, 3.05) is 12.8 Å². The zero-order valence-electron chi connectivity index (χ0n) is 11.8. The van der Waals surface area contributed by atoms with Crippen LogP contribution in [0, 0.1) is 6.92 Å². The lowest BCUT2D eigenvalue weighted by atomic mass is 10.1. The Morgan fingerprint density at radius 1 is 1.37 bits per heavy atom. The van der Waals surface area contributed by atoms with Crippen LogP contribution in [0.1, 0.15) is 25.6 Å². The van der Waals surface area contributed by atoms with Crippen LogP contribution in [-0.4, -0.2) is 16.7 Å². The Kier molecular flexibility index (Phi) is 4.10. The maximum atomic E-state index is 6.23. The van der Waals surface area contributed by atoms with Gasteiger partial charge in [-0.3, -0.25) is 0 Å². The van der Waals surface area contributed by atoms with Gasteiger partial charge in [-0.1, -0.05) is 25.5 Å². The molecule has 0 unspecified atom stereocenters. The molecule has 19 heavy (non-hydrogen) atoms. The van der Waals surface area contributed by atoms with Crippen LogP contribution in [0.15, 0.2) is 24.3 Å². The highest BCUT2D eigenvalue weighted by Crippen LogP contribution is 2.28. The van der Waals surface area contributed by atoms with Crippen LogP contribution in [0.5, 0.6) is 5.75 Å². The van der Waals surface area contributed by atoms with Gasteiger partial charge in [0.1, 0.15) is 23.1 Å². The van der Waals surface area contributed by atoms with Crippen molar-refractivity contribution in [2.24, 2.45) is 0 Å². The summed E-state index contributed by atoms with van der Waals surface area (Å²) in [6.45, 7) is 5.09. The Morgan fingerprint density at radius 3 is 2.84 bits per heavy atom. The minimum atomic E-state index is 0.735. The maximum absolute atomic E-state index is 6.23. The van der Waals surface area contributed by atoms with Gasteiger partial charge in [-0.05, 0) is 25.5 Å². The van der Waals surface area contributed by atoms with Gasteiger partial charge in [-0.25, -0.2) is 4.98 Å². The molecule has 0 fully saturated rings. The number of nitrogen functional groups attached to an aromatic ring is 1. The van der Waals surface area contributed by atoms with Crippen LogP contribution in [0.25, 0.3) is 11.3 Å². The number of unbranched alkanes of at least 4 members (excludes halogenated alkanes) is 1. The summed E-state index contributed by atoms with van der Waals surface area (Å²) < 4.78 is 7.32. The molecule has 4 nitrogen and oxygen atoms in total. The first kappa shape index (κ1) is 13.5. The van der Waals surface area contributed by atoms with Gasteiger partial charge in [0.15, 0.2) is 0 Å². The van der Waals surface area contributed by atoms with Crippen molar-refractivity contribution in [3.63, 3.8) is 0 Å². The van der Waals surface area contributed by atoms with Crippen molar-refractivity contribution in [3.8, 4) is 17.0 Å². The second-order valence-corrected chi connectivity index (χ2v) is 4.63. The summed E-state index contributed by atoms with van der Waals surface area (Å²) in [6.07, 6.45) is 2.25. The number of hydrogen-bond donors (Lipinski definition) is 1. The summed E-state index contributed by atoms with van der Waals surface area (Å²) in [5.41, 5.74) is 8.06. The molecule has 0 spiro atoms. The van der Waals surface area contributed by atoms with Gasteiger partial charge >= 0.3 is 0 Å². The lowest BCUT2D eigenvalue weighted by Gasteiger charge is -2.07. The zero-order chi connectivity index (χ0) is 13.8. The molecule has 1 aromatic heterocycles. The molecule has 2 rings (SSSR count). The number of benzene rings is 1. The predicted octanol–water partition coefficient (Wildman–Crippen LogP) is 3.25. The molecular formula is C15H21N3O. The molecule has 1 aromatic carbocycles. The number of aromatic nitrogens is 2. The molecule has 2 aromatic rings. The summed E-state index contributed by atoms with van der Waals surface area (Å²) in [5, 5.41) is 0. The van der Waals surface area contributed by atoms with E-state index in [4.69, 9.17) is 10.5 Å². The molecule has 0 aliphatic heterocycles. The van der Waals surface area contributed by atoms with Crippen molar-refractivity contribution < 1.29 is 4.74 Å². The van der Waals surface area contributed by atoms with Crippen LogP contribution >= 0.6 is 0 Å². The molecule has 0 aliphatic carbocycles. The van der Waals surface area contributed by atoms with E-state index < -0.39 is 0 Å². The summed E-state index contributed by atoms with van der Waals surface area (Å²) in [6, 6.07) is 7.84. The monoisotopic (exact) mass is 259 g/mol. The van der Waals surface area contributed by atoms with Gasteiger partial charge in [0.2, 0.25) is 0 Å². The molecule has 4 heteroatoms. The van der Waals surface area contributed by atoms with Gasteiger partial charge in [-0.15, -0.1) is 0 Å². The Bertz CT molecular complexity index is 561. The second kappa shape index (κ2) is 5.78. The minimum Gasteiger partial charge on any atom is -0.497 e. The van der Waals surface area contributed by atoms with Crippen molar-refractivity contribution in [1.82, 2.24) is 9.55 Å². The van der Waals surface area contributed by atoms with E-state index in [-0.39, 0.29) is 0 Å². The molecule has 2 N–H and O–H groups in total. The Labute approximate surface area is 114 Å². The lowest BCUT2D eigenvalue weighted by molar-refractivity contribution is 0.415. The van der Waals surface area contributed by atoms with E-state index in [2.05, 4.69) is 16.5 Å². The first-order valence-electron chi connectivity index (χ1n) is 6.64. The SMILES string of the molecule is CCCCn1c(C)nc(-c2cccc(OC)c2)c1N. The van der Waals surface area contributed by atoms with Gasteiger partial charge < -0.3 is 15.0 Å². The van der Waals surface area contributed by atoms with E-state index >= 15 is 0 Å². The average molecular weight is 259 g/mol. The number of nitrogens with two attached hydrogens (primary N) is 1. The summed E-state index contributed by atoms with van der Waals surface area (Å²) in [7, 11) is 1.66. The predicted molar refractivity (Wildman–Crippen MR) is 78.3 cm³/mol. The topological polar surface area (TPSA) is 53.1 Å². The number of nitrogens with zero attached hydrogens (tertiary/aromatic N) is 2. The lowest BCUT2D eigenvalue weighted by Crippen LogP contribution is -2.04. The normalized spacial score (nSPS) is 10.7. The molecule has 0 saturated heterocycles. The van der Waals surface area contributed by atoms with Crippen molar-refractivity contribution in [3.05, 3.63) is 30.1 Å². The fourth-order valence-corrected chi connectivity index (χ4v) is 2.16. The van der Waals surface area contributed by atoms with Crippen molar-refractivity contribution in [1.29, 1.82) is 0 Å². The summed E-state index contributed by atoms with van der Waals surface area (Å²) in [5.74, 6) is 2.51. The number of hydrogen-bond acceptors (Lipinski definition) is 3. The Hall–Kier alpha value is -1.97. The first-order chi connectivity index (χ1) is 9.17. The molecule has 1 heterocycles.